The van der Waals surface area contributed by atoms with Gasteiger partial charge in [0.25, 0.3) is 0 Å². The molecule has 0 saturated carbocycles. The molecule has 0 aromatic rings. The maximum Gasteiger partial charge on any atom is 0.0786 e. The Morgan fingerprint density at radius 3 is 0.857 bits per heavy atom. The molecule has 0 aliphatic carbocycles. The van der Waals surface area contributed by atoms with Crippen LogP contribution < -0.4 is 0 Å². The number of rotatable bonds is 23. The van der Waals surface area contributed by atoms with Gasteiger partial charge in [0.15, 0.2) is 0 Å². The summed E-state index contributed by atoms with van der Waals surface area (Å²) in [5, 5.41) is 0. The fourth-order valence-corrected chi connectivity index (χ4v) is 4.62. The quantitative estimate of drug-likeness (QED) is 0.119. The second kappa shape index (κ2) is 21.7. The molecule has 1 heteroatoms. The van der Waals surface area contributed by atoms with E-state index in [4.69, 9.17) is 0 Å². The fraction of sp³-hybridized carbons (Fsp3) is 1.00. The average Bonchev–Trinajstić information content (AvgIpc) is 2.72. The van der Waals surface area contributed by atoms with Crippen LogP contribution in [0.2, 0.25) is 0 Å². The zero-order valence-corrected chi connectivity index (χ0v) is 20.7. The van der Waals surface area contributed by atoms with Crippen molar-refractivity contribution in [1.29, 1.82) is 0 Å². The Bertz CT molecular complexity index is 264. The van der Waals surface area contributed by atoms with Crippen LogP contribution >= 0.6 is 0 Å². The lowest BCUT2D eigenvalue weighted by molar-refractivity contribution is -0.929. The molecule has 0 fully saturated rings. The maximum atomic E-state index is 2.36. The molecule has 0 unspecified atom stereocenters. The summed E-state index contributed by atoms with van der Waals surface area (Å²) in [4.78, 5) is 0. The van der Waals surface area contributed by atoms with Crippen molar-refractivity contribution in [3.63, 3.8) is 0 Å². The lowest BCUT2D eigenvalue weighted by Gasteiger charge is -2.39. The van der Waals surface area contributed by atoms with Gasteiger partial charge in [-0.3, -0.25) is 0 Å². The summed E-state index contributed by atoms with van der Waals surface area (Å²) in [7, 11) is 0. The van der Waals surface area contributed by atoms with Crippen molar-refractivity contribution >= 4 is 0 Å². The molecule has 0 aliphatic rings. The van der Waals surface area contributed by atoms with Crippen molar-refractivity contribution in [3.8, 4) is 0 Å². The summed E-state index contributed by atoms with van der Waals surface area (Å²) in [6.07, 6.45) is 27.4. The Kier molecular flexibility index (Phi) is 21.6. The standard InChI is InChI=1S/C27H58N/c1-5-9-13-14-15-16-17-18-19-20-21-22-23-27-28(24-10-6-2,25-11-7-3)26-12-8-4/h5-27H2,1-4H3/q+1. The molecule has 0 spiro atoms. The van der Waals surface area contributed by atoms with Crippen LogP contribution in [0.1, 0.15) is 150 Å². The Labute approximate surface area is 180 Å². The van der Waals surface area contributed by atoms with Gasteiger partial charge in [0.1, 0.15) is 0 Å². The molecule has 0 aromatic heterocycles. The van der Waals surface area contributed by atoms with Gasteiger partial charge in [0.2, 0.25) is 0 Å². The SMILES string of the molecule is CCCCCCCCCCCCCCC[N+](CCCC)(CCCC)CCCC. The molecule has 0 aliphatic heterocycles. The van der Waals surface area contributed by atoms with Gasteiger partial charge in [0, 0.05) is 0 Å². The second-order valence-corrected chi connectivity index (χ2v) is 9.54. The summed E-state index contributed by atoms with van der Waals surface area (Å²) in [6, 6.07) is 0. The third kappa shape index (κ3) is 16.9. The highest BCUT2D eigenvalue weighted by Crippen LogP contribution is 2.18. The van der Waals surface area contributed by atoms with E-state index in [0.717, 1.165) is 0 Å². The van der Waals surface area contributed by atoms with Gasteiger partial charge in [-0.25, -0.2) is 0 Å². The van der Waals surface area contributed by atoms with Gasteiger partial charge >= 0.3 is 0 Å². The summed E-state index contributed by atoms with van der Waals surface area (Å²) < 4.78 is 1.44. The first-order valence-electron chi connectivity index (χ1n) is 13.6. The van der Waals surface area contributed by atoms with Crippen molar-refractivity contribution in [3.05, 3.63) is 0 Å². The number of hydrogen-bond donors (Lipinski definition) is 0. The van der Waals surface area contributed by atoms with E-state index >= 15 is 0 Å². The van der Waals surface area contributed by atoms with Crippen LogP contribution in [0.3, 0.4) is 0 Å². The second-order valence-electron chi connectivity index (χ2n) is 9.54. The van der Waals surface area contributed by atoms with E-state index in [1.54, 1.807) is 0 Å². The summed E-state index contributed by atoms with van der Waals surface area (Å²) in [5.41, 5.74) is 0. The van der Waals surface area contributed by atoms with Crippen molar-refractivity contribution in [2.45, 2.75) is 150 Å². The van der Waals surface area contributed by atoms with E-state index < -0.39 is 0 Å². The predicted octanol–water partition coefficient (Wildman–Crippen LogP) is 9.29. The molecule has 0 rings (SSSR count). The lowest BCUT2D eigenvalue weighted by atomic mass is 10.0. The van der Waals surface area contributed by atoms with Crippen LogP contribution in [0, 0.1) is 0 Å². The van der Waals surface area contributed by atoms with E-state index in [1.165, 1.54) is 153 Å². The molecule has 0 atom stereocenters. The topological polar surface area (TPSA) is 0 Å². The molecule has 1 nitrogen and oxygen atoms in total. The zero-order chi connectivity index (χ0) is 20.8. The molecule has 170 valence electrons. The van der Waals surface area contributed by atoms with Crippen LogP contribution in [-0.4, -0.2) is 30.7 Å². The molecule has 0 aromatic carbocycles. The minimum Gasteiger partial charge on any atom is -0.324 e. The average molecular weight is 397 g/mol. The van der Waals surface area contributed by atoms with Crippen molar-refractivity contribution in [2.24, 2.45) is 0 Å². The van der Waals surface area contributed by atoms with Crippen LogP contribution in [0.25, 0.3) is 0 Å². The van der Waals surface area contributed by atoms with E-state index in [-0.39, 0.29) is 0 Å². The molecule has 0 saturated heterocycles. The molecule has 0 radical (unpaired) electrons. The van der Waals surface area contributed by atoms with Gasteiger partial charge in [-0.1, -0.05) is 118 Å². The normalized spacial score (nSPS) is 12.0. The van der Waals surface area contributed by atoms with Gasteiger partial charge in [-0.2, -0.15) is 0 Å². The smallest absolute Gasteiger partial charge is 0.0786 e. The number of quaternary nitrogens is 1. The van der Waals surface area contributed by atoms with Crippen LogP contribution in [0.4, 0.5) is 0 Å². The highest BCUT2D eigenvalue weighted by molar-refractivity contribution is 4.52. The molecule has 0 bridgehead atoms. The largest absolute Gasteiger partial charge is 0.324 e. The summed E-state index contributed by atoms with van der Waals surface area (Å²) in [5.74, 6) is 0. The third-order valence-corrected chi connectivity index (χ3v) is 6.69. The van der Waals surface area contributed by atoms with Gasteiger partial charge in [-0.15, -0.1) is 0 Å². The van der Waals surface area contributed by atoms with Gasteiger partial charge in [-0.05, 0) is 32.1 Å². The van der Waals surface area contributed by atoms with E-state index in [9.17, 15) is 0 Å². The molecule has 28 heavy (non-hydrogen) atoms. The van der Waals surface area contributed by atoms with Crippen molar-refractivity contribution in [2.75, 3.05) is 26.2 Å². The van der Waals surface area contributed by atoms with Crippen molar-refractivity contribution in [1.82, 2.24) is 0 Å². The van der Waals surface area contributed by atoms with Crippen LogP contribution in [0.5, 0.6) is 0 Å². The first kappa shape index (κ1) is 28.0. The molecule has 0 N–H and O–H groups in total. The van der Waals surface area contributed by atoms with Crippen molar-refractivity contribution < 1.29 is 4.48 Å². The van der Waals surface area contributed by atoms with E-state index in [1.807, 2.05) is 0 Å². The maximum absolute atomic E-state index is 2.36. The molecular formula is C27H58N+. The number of hydrogen-bond acceptors (Lipinski definition) is 0. The Morgan fingerprint density at radius 1 is 0.286 bits per heavy atom. The van der Waals surface area contributed by atoms with Gasteiger partial charge in [0.05, 0.1) is 26.2 Å². The summed E-state index contributed by atoms with van der Waals surface area (Å²) >= 11 is 0. The first-order chi connectivity index (χ1) is 13.7. The minimum absolute atomic E-state index is 1.36. The molecule has 0 heterocycles. The van der Waals surface area contributed by atoms with Crippen LogP contribution in [0.15, 0.2) is 0 Å². The Hall–Kier alpha value is -0.0400. The summed E-state index contributed by atoms with van der Waals surface area (Å²) in [6.45, 7) is 15.2. The monoisotopic (exact) mass is 396 g/mol. The highest BCUT2D eigenvalue weighted by atomic mass is 15.3. The zero-order valence-electron chi connectivity index (χ0n) is 20.7. The van der Waals surface area contributed by atoms with Gasteiger partial charge < -0.3 is 4.48 Å². The van der Waals surface area contributed by atoms with Crippen LogP contribution in [-0.2, 0) is 0 Å². The number of unbranched alkanes of at least 4 members (excludes halogenated alkanes) is 15. The third-order valence-electron chi connectivity index (χ3n) is 6.69. The molecule has 0 amide bonds. The first-order valence-corrected chi connectivity index (χ1v) is 13.6. The lowest BCUT2D eigenvalue weighted by Crippen LogP contribution is -2.50. The molecular weight excluding hydrogens is 338 g/mol. The minimum atomic E-state index is 1.36. The van der Waals surface area contributed by atoms with E-state index in [0.29, 0.717) is 0 Å². The van der Waals surface area contributed by atoms with E-state index in [2.05, 4.69) is 27.7 Å². The Morgan fingerprint density at radius 2 is 0.536 bits per heavy atom. The number of nitrogens with zero attached hydrogens (tertiary/aromatic N) is 1. The Balaban J connectivity index is 3.84. The predicted molar refractivity (Wildman–Crippen MR) is 130 cm³/mol. The fourth-order valence-electron chi connectivity index (χ4n) is 4.62. The highest BCUT2D eigenvalue weighted by Gasteiger charge is 2.24.